The van der Waals surface area contributed by atoms with Crippen LogP contribution in [0.25, 0.3) is 0 Å². The molecule has 2 bridgehead atoms. The molecular formula is C13H20N2O. The van der Waals surface area contributed by atoms with Crippen molar-refractivity contribution < 1.29 is 5.11 Å². The maximum absolute atomic E-state index is 10.3. The van der Waals surface area contributed by atoms with Gasteiger partial charge in [-0.15, -0.1) is 0 Å². The van der Waals surface area contributed by atoms with E-state index in [-0.39, 0.29) is 6.10 Å². The highest BCUT2D eigenvalue weighted by molar-refractivity contribution is 5.03. The van der Waals surface area contributed by atoms with Gasteiger partial charge in [0.2, 0.25) is 0 Å². The number of rotatable bonds is 3. The summed E-state index contributed by atoms with van der Waals surface area (Å²) >= 11 is 0. The zero-order valence-electron chi connectivity index (χ0n) is 9.84. The van der Waals surface area contributed by atoms with Crippen molar-refractivity contribution >= 4 is 0 Å². The molecule has 2 fully saturated rings. The summed E-state index contributed by atoms with van der Waals surface area (Å²) in [6.07, 6.45) is 7.86. The number of nitrogens with zero attached hydrogens (tertiary/aromatic N) is 2. The fourth-order valence-corrected chi connectivity index (χ4v) is 3.70. The minimum absolute atomic E-state index is 0.176. The van der Waals surface area contributed by atoms with Gasteiger partial charge in [-0.3, -0.25) is 4.68 Å². The molecule has 2 aliphatic carbocycles. The zero-order valence-corrected chi connectivity index (χ0v) is 9.84. The Hall–Kier alpha value is -0.830. The van der Waals surface area contributed by atoms with Crippen molar-refractivity contribution in [2.24, 2.45) is 24.8 Å². The minimum Gasteiger partial charge on any atom is -0.392 e. The lowest BCUT2D eigenvalue weighted by Gasteiger charge is -2.26. The van der Waals surface area contributed by atoms with E-state index in [2.05, 4.69) is 5.10 Å². The topological polar surface area (TPSA) is 38.0 Å². The summed E-state index contributed by atoms with van der Waals surface area (Å²) in [4.78, 5) is 0. The number of hydrogen-bond donors (Lipinski definition) is 1. The van der Waals surface area contributed by atoms with Gasteiger partial charge >= 0.3 is 0 Å². The molecule has 4 atom stereocenters. The van der Waals surface area contributed by atoms with Gasteiger partial charge in [0.15, 0.2) is 0 Å². The van der Waals surface area contributed by atoms with Crippen LogP contribution in [0.2, 0.25) is 0 Å². The van der Waals surface area contributed by atoms with Crippen LogP contribution in [0.4, 0.5) is 0 Å². The molecule has 0 amide bonds. The average Bonchev–Trinajstić information content (AvgIpc) is 2.93. The largest absolute Gasteiger partial charge is 0.392 e. The van der Waals surface area contributed by atoms with Crippen LogP contribution >= 0.6 is 0 Å². The van der Waals surface area contributed by atoms with Crippen LogP contribution in [0.3, 0.4) is 0 Å². The Morgan fingerprint density at radius 1 is 1.50 bits per heavy atom. The van der Waals surface area contributed by atoms with E-state index < -0.39 is 0 Å². The summed E-state index contributed by atoms with van der Waals surface area (Å²) in [6.45, 7) is 0. The second kappa shape index (κ2) is 3.88. The van der Waals surface area contributed by atoms with E-state index in [9.17, 15) is 5.11 Å². The van der Waals surface area contributed by atoms with Gasteiger partial charge in [0, 0.05) is 19.7 Å². The van der Waals surface area contributed by atoms with Crippen LogP contribution in [0.5, 0.6) is 0 Å². The fraction of sp³-hybridized carbons (Fsp3) is 0.769. The van der Waals surface area contributed by atoms with Gasteiger partial charge in [0.1, 0.15) is 0 Å². The molecule has 1 aromatic rings. The van der Waals surface area contributed by atoms with Crippen LogP contribution in [-0.4, -0.2) is 21.0 Å². The van der Waals surface area contributed by atoms with Crippen molar-refractivity contribution in [3.05, 3.63) is 18.0 Å². The first-order valence-corrected chi connectivity index (χ1v) is 6.39. The Balaban J connectivity index is 1.63. The molecule has 0 spiro atoms. The van der Waals surface area contributed by atoms with E-state index in [4.69, 9.17) is 0 Å². The summed E-state index contributed by atoms with van der Waals surface area (Å²) in [7, 11) is 1.92. The van der Waals surface area contributed by atoms with E-state index in [0.29, 0.717) is 5.92 Å². The summed E-state index contributed by atoms with van der Waals surface area (Å²) in [6, 6.07) is 2.01. The molecule has 0 aromatic carbocycles. The molecule has 3 nitrogen and oxygen atoms in total. The van der Waals surface area contributed by atoms with Crippen LogP contribution < -0.4 is 0 Å². The molecule has 0 radical (unpaired) electrons. The summed E-state index contributed by atoms with van der Waals surface area (Å²) < 4.78 is 1.81. The fourth-order valence-electron chi connectivity index (χ4n) is 3.70. The van der Waals surface area contributed by atoms with Crippen LogP contribution in [0, 0.1) is 17.8 Å². The second-order valence-electron chi connectivity index (χ2n) is 5.59. The Morgan fingerprint density at radius 2 is 2.38 bits per heavy atom. The lowest BCUT2D eigenvalue weighted by atomic mass is 9.83. The Kier molecular flexibility index (Phi) is 2.51. The quantitative estimate of drug-likeness (QED) is 0.843. The highest BCUT2D eigenvalue weighted by Crippen LogP contribution is 2.49. The van der Waals surface area contributed by atoms with Gasteiger partial charge in [0.25, 0.3) is 0 Å². The van der Waals surface area contributed by atoms with E-state index >= 15 is 0 Å². The average molecular weight is 220 g/mol. The maximum atomic E-state index is 10.3. The molecule has 0 aliphatic heterocycles. The number of aryl methyl sites for hydroxylation is 1. The molecule has 16 heavy (non-hydrogen) atoms. The monoisotopic (exact) mass is 220 g/mol. The zero-order chi connectivity index (χ0) is 11.1. The third-order valence-electron chi connectivity index (χ3n) is 4.47. The number of aromatic nitrogens is 2. The van der Waals surface area contributed by atoms with E-state index in [1.807, 2.05) is 24.0 Å². The Morgan fingerprint density at radius 3 is 2.94 bits per heavy atom. The molecule has 88 valence electrons. The second-order valence-corrected chi connectivity index (χ2v) is 5.59. The first-order chi connectivity index (χ1) is 7.72. The molecule has 4 unspecified atom stereocenters. The number of aliphatic hydroxyl groups excluding tert-OH is 1. The molecule has 3 heteroatoms. The van der Waals surface area contributed by atoms with Crippen molar-refractivity contribution in [1.29, 1.82) is 0 Å². The predicted octanol–water partition coefficient (Wildman–Crippen LogP) is 1.76. The van der Waals surface area contributed by atoms with Crippen LogP contribution in [-0.2, 0) is 13.5 Å². The number of aliphatic hydroxyl groups is 1. The molecule has 0 saturated heterocycles. The first kappa shape index (κ1) is 10.3. The minimum atomic E-state index is -0.176. The lowest BCUT2D eigenvalue weighted by molar-refractivity contribution is 0.0742. The van der Waals surface area contributed by atoms with Gasteiger partial charge in [-0.25, -0.2) is 0 Å². The van der Waals surface area contributed by atoms with Crippen molar-refractivity contribution in [1.82, 2.24) is 9.78 Å². The number of fused-ring (bicyclic) bond motifs is 2. The molecule has 1 heterocycles. The van der Waals surface area contributed by atoms with Gasteiger partial charge in [-0.05, 0) is 43.1 Å². The third kappa shape index (κ3) is 1.77. The summed E-state index contributed by atoms with van der Waals surface area (Å²) in [5.74, 6) is 2.25. The first-order valence-electron chi connectivity index (χ1n) is 6.39. The molecule has 1 aromatic heterocycles. The number of hydrogen-bond acceptors (Lipinski definition) is 2. The summed E-state index contributed by atoms with van der Waals surface area (Å²) in [5.41, 5.74) is 1.03. The normalized spacial score (nSPS) is 34.5. The standard InChI is InChI=1S/C13H20N2O/c1-15-5-4-11(14-15)8-13(16)12-7-9-2-3-10(12)6-9/h4-5,9-10,12-13,16H,2-3,6-8H2,1H3. The van der Waals surface area contributed by atoms with Gasteiger partial charge < -0.3 is 5.11 Å². The third-order valence-corrected chi connectivity index (χ3v) is 4.47. The molecule has 2 saturated carbocycles. The molecular weight excluding hydrogens is 200 g/mol. The smallest absolute Gasteiger partial charge is 0.0650 e. The van der Waals surface area contributed by atoms with E-state index in [0.717, 1.165) is 24.0 Å². The molecule has 2 aliphatic rings. The predicted molar refractivity (Wildman–Crippen MR) is 61.9 cm³/mol. The SMILES string of the molecule is Cn1ccc(CC(O)C2CC3CCC2C3)n1. The van der Waals surface area contributed by atoms with E-state index in [1.165, 1.54) is 25.7 Å². The van der Waals surface area contributed by atoms with Gasteiger partial charge in [0.05, 0.1) is 11.8 Å². The maximum Gasteiger partial charge on any atom is 0.0650 e. The van der Waals surface area contributed by atoms with Gasteiger partial charge in [-0.2, -0.15) is 5.10 Å². The van der Waals surface area contributed by atoms with E-state index in [1.54, 1.807) is 0 Å². The van der Waals surface area contributed by atoms with Gasteiger partial charge in [-0.1, -0.05) is 6.42 Å². The Labute approximate surface area is 96.5 Å². The van der Waals surface area contributed by atoms with Crippen LogP contribution in [0.1, 0.15) is 31.4 Å². The Bertz CT molecular complexity index is 374. The van der Waals surface area contributed by atoms with Crippen molar-refractivity contribution in [2.75, 3.05) is 0 Å². The molecule has 1 N–H and O–H groups in total. The highest BCUT2D eigenvalue weighted by Gasteiger charge is 2.42. The van der Waals surface area contributed by atoms with Crippen molar-refractivity contribution in [2.45, 2.75) is 38.2 Å². The van der Waals surface area contributed by atoms with Crippen LogP contribution in [0.15, 0.2) is 12.3 Å². The van der Waals surface area contributed by atoms with Crippen molar-refractivity contribution in [3.8, 4) is 0 Å². The lowest BCUT2D eigenvalue weighted by Crippen LogP contribution is -2.27. The van der Waals surface area contributed by atoms with Crippen molar-refractivity contribution in [3.63, 3.8) is 0 Å². The summed E-state index contributed by atoms with van der Waals surface area (Å²) in [5, 5.41) is 14.6. The highest BCUT2D eigenvalue weighted by atomic mass is 16.3. The molecule has 3 rings (SSSR count).